The molecule has 4 bridgehead atoms. The second-order valence-corrected chi connectivity index (χ2v) is 10.1. The molecule has 6 rings (SSSR count). The number of carboxylic acids is 1. The molecule has 8 heteroatoms. The van der Waals surface area contributed by atoms with E-state index in [4.69, 9.17) is 5.11 Å². The molecule has 2 N–H and O–H groups in total. The number of likely N-dealkylation sites (N-methyl/N-ethyl adjacent to an activating group) is 1. The van der Waals surface area contributed by atoms with Crippen LogP contribution in [0, 0.1) is 23.2 Å². The Morgan fingerprint density at radius 2 is 1.81 bits per heavy atom. The molecular weight excluding hydrogens is 408 g/mol. The summed E-state index contributed by atoms with van der Waals surface area (Å²) in [5.74, 6) is -0.0452. The highest BCUT2D eigenvalue weighted by Crippen LogP contribution is 2.59. The fraction of sp³-hybridized carbons (Fsp3) is 0.583. The summed E-state index contributed by atoms with van der Waals surface area (Å²) < 4.78 is 1.73. The minimum atomic E-state index is -1.49. The third kappa shape index (κ3) is 3.76. The van der Waals surface area contributed by atoms with Gasteiger partial charge in [0.1, 0.15) is 11.3 Å². The van der Waals surface area contributed by atoms with E-state index in [1.54, 1.807) is 35.7 Å². The summed E-state index contributed by atoms with van der Waals surface area (Å²) in [4.78, 5) is 41.7. The van der Waals surface area contributed by atoms with Crippen molar-refractivity contribution in [3.63, 3.8) is 0 Å². The molecule has 8 nitrogen and oxygen atoms in total. The fourth-order valence-corrected chi connectivity index (χ4v) is 6.85. The average Bonchev–Trinajstić information content (AvgIpc) is 3.17. The van der Waals surface area contributed by atoms with Gasteiger partial charge in [-0.25, -0.2) is 9.78 Å². The van der Waals surface area contributed by atoms with Crippen molar-refractivity contribution in [2.75, 3.05) is 13.1 Å². The molecule has 0 aromatic carbocycles. The Kier molecular flexibility index (Phi) is 5.18. The number of fused-ring (bicyclic) bond motifs is 1. The first-order chi connectivity index (χ1) is 15.4. The number of hydrogen-bond donors (Lipinski definition) is 2. The van der Waals surface area contributed by atoms with Crippen LogP contribution in [0.1, 0.15) is 61.6 Å². The van der Waals surface area contributed by atoms with Gasteiger partial charge in [-0.2, -0.15) is 0 Å². The van der Waals surface area contributed by atoms with Crippen LogP contribution in [0.25, 0.3) is 5.65 Å². The first-order valence-electron chi connectivity index (χ1n) is 11.6. The van der Waals surface area contributed by atoms with E-state index in [2.05, 4.69) is 10.3 Å². The molecule has 2 amide bonds. The molecule has 2 aromatic heterocycles. The van der Waals surface area contributed by atoms with Crippen LogP contribution in [0.4, 0.5) is 0 Å². The first kappa shape index (κ1) is 21.0. The molecule has 0 atom stereocenters. The number of carboxylic acid groups (broad SMARTS) is 1. The van der Waals surface area contributed by atoms with Crippen molar-refractivity contribution in [3.8, 4) is 0 Å². The molecule has 0 radical (unpaired) electrons. The van der Waals surface area contributed by atoms with E-state index in [-0.39, 0.29) is 24.4 Å². The quantitative estimate of drug-likeness (QED) is 0.675. The summed E-state index contributed by atoms with van der Waals surface area (Å²) in [6, 6.07) is 5.37. The second kappa shape index (κ2) is 7.90. The van der Waals surface area contributed by atoms with Gasteiger partial charge in [-0.3, -0.25) is 14.0 Å². The third-order valence-electron chi connectivity index (χ3n) is 7.77. The number of aliphatic carboxylic acids is 1. The lowest BCUT2D eigenvalue weighted by molar-refractivity contribution is -0.156. The lowest BCUT2D eigenvalue weighted by Gasteiger charge is -2.56. The molecule has 0 saturated heterocycles. The van der Waals surface area contributed by atoms with Crippen molar-refractivity contribution in [1.29, 1.82) is 0 Å². The molecule has 0 spiro atoms. The van der Waals surface area contributed by atoms with Gasteiger partial charge in [-0.05, 0) is 80.8 Å². The van der Waals surface area contributed by atoms with Gasteiger partial charge in [0.2, 0.25) is 0 Å². The van der Waals surface area contributed by atoms with Crippen molar-refractivity contribution in [3.05, 3.63) is 35.8 Å². The van der Waals surface area contributed by atoms with Gasteiger partial charge in [-0.15, -0.1) is 0 Å². The Bertz CT molecular complexity index is 1040. The Labute approximate surface area is 187 Å². The second-order valence-electron chi connectivity index (χ2n) is 10.1. The molecule has 4 fully saturated rings. The van der Waals surface area contributed by atoms with Gasteiger partial charge in [-0.1, -0.05) is 6.07 Å². The molecular formula is C24H30N4O4. The Morgan fingerprint density at radius 1 is 1.16 bits per heavy atom. The molecule has 4 aliphatic rings. The lowest BCUT2D eigenvalue weighted by atomic mass is 9.49. The molecule has 32 heavy (non-hydrogen) atoms. The summed E-state index contributed by atoms with van der Waals surface area (Å²) >= 11 is 0. The number of nitrogens with one attached hydrogen (secondary N) is 1. The fourth-order valence-electron chi connectivity index (χ4n) is 6.85. The number of hydrogen-bond acceptors (Lipinski definition) is 4. The number of rotatable bonds is 6. The first-order valence-corrected chi connectivity index (χ1v) is 11.6. The molecule has 4 aliphatic carbocycles. The van der Waals surface area contributed by atoms with Crippen molar-refractivity contribution in [1.82, 2.24) is 19.6 Å². The number of aromatic nitrogens is 2. The van der Waals surface area contributed by atoms with Gasteiger partial charge < -0.3 is 15.3 Å². The average molecular weight is 439 g/mol. The zero-order valence-electron chi connectivity index (χ0n) is 18.4. The number of pyridine rings is 1. The van der Waals surface area contributed by atoms with Gasteiger partial charge in [0.15, 0.2) is 0 Å². The van der Waals surface area contributed by atoms with Crippen LogP contribution >= 0.6 is 0 Å². The van der Waals surface area contributed by atoms with Crippen LogP contribution in [0.5, 0.6) is 0 Å². The van der Waals surface area contributed by atoms with Crippen LogP contribution in [0.15, 0.2) is 24.4 Å². The van der Waals surface area contributed by atoms with E-state index < -0.39 is 11.9 Å². The summed E-state index contributed by atoms with van der Waals surface area (Å²) in [6.07, 6.45) is 9.57. The molecule has 4 saturated carbocycles. The minimum Gasteiger partial charge on any atom is -0.474 e. The van der Waals surface area contributed by atoms with E-state index in [0.29, 0.717) is 17.0 Å². The predicted octanol–water partition coefficient (Wildman–Crippen LogP) is 2.71. The van der Waals surface area contributed by atoms with Gasteiger partial charge in [0.05, 0.1) is 12.2 Å². The highest BCUT2D eigenvalue weighted by Gasteiger charge is 2.50. The summed E-state index contributed by atoms with van der Waals surface area (Å²) in [5, 5.41) is 12.2. The maximum absolute atomic E-state index is 13.1. The largest absolute Gasteiger partial charge is 0.474 e. The van der Waals surface area contributed by atoms with E-state index in [9.17, 15) is 14.4 Å². The zero-order chi connectivity index (χ0) is 22.5. The highest BCUT2D eigenvalue weighted by molar-refractivity contribution is 6.31. The normalized spacial score (nSPS) is 28.1. The van der Waals surface area contributed by atoms with Gasteiger partial charge in [0, 0.05) is 19.3 Å². The van der Waals surface area contributed by atoms with Crippen molar-refractivity contribution < 1.29 is 19.5 Å². The number of carbonyl (C=O) groups excluding carboxylic acids is 2. The third-order valence-corrected chi connectivity index (χ3v) is 7.77. The van der Waals surface area contributed by atoms with Crippen LogP contribution in [-0.2, 0) is 16.1 Å². The van der Waals surface area contributed by atoms with E-state index in [1.165, 1.54) is 43.4 Å². The lowest BCUT2D eigenvalue weighted by Crippen LogP contribution is -2.51. The summed E-state index contributed by atoms with van der Waals surface area (Å²) in [6.45, 7) is 2.79. The Balaban J connectivity index is 1.31. The topological polar surface area (TPSA) is 104 Å². The number of nitrogens with zero attached hydrogens (tertiary/aromatic N) is 3. The molecule has 2 heterocycles. The molecule has 0 aliphatic heterocycles. The zero-order valence-corrected chi connectivity index (χ0v) is 18.4. The maximum atomic E-state index is 13.1. The van der Waals surface area contributed by atoms with Crippen molar-refractivity contribution in [2.24, 2.45) is 23.2 Å². The Hall–Kier alpha value is -2.90. The van der Waals surface area contributed by atoms with Crippen LogP contribution < -0.4 is 5.32 Å². The van der Waals surface area contributed by atoms with Gasteiger partial charge in [0.25, 0.3) is 5.91 Å². The molecule has 170 valence electrons. The van der Waals surface area contributed by atoms with Crippen LogP contribution in [-0.4, -0.2) is 50.3 Å². The molecule has 2 aromatic rings. The van der Waals surface area contributed by atoms with Crippen LogP contribution in [0.3, 0.4) is 0 Å². The van der Waals surface area contributed by atoms with Crippen molar-refractivity contribution >= 4 is 23.4 Å². The number of carbonyl (C=O) groups is 3. The van der Waals surface area contributed by atoms with E-state index in [0.717, 1.165) is 24.3 Å². The summed E-state index contributed by atoms with van der Waals surface area (Å²) in [5.41, 5.74) is 1.90. The number of amides is 2. The van der Waals surface area contributed by atoms with Crippen LogP contribution in [0.2, 0.25) is 0 Å². The maximum Gasteiger partial charge on any atom is 0.394 e. The SMILES string of the molecule is CCN(Cc1cn2c(C(=O)NCC34CC5CC(CC(C5)C3)C4)cccc2n1)C(=O)C(=O)O. The predicted molar refractivity (Wildman–Crippen MR) is 117 cm³/mol. The van der Waals surface area contributed by atoms with Gasteiger partial charge >= 0.3 is 11.9 Å². The smallest absolute Gasteiger partial charge is 0.394 e. The van der Waals surface area contributed by atoms with E-state index >= 15 is 0 Å². The monoisotopic (exact) mass is 438 g/mol. The highest BCUT2D eigenvalue weighted by atomic mass is 16.4. The molecule has 0 unspecified atom stereocenters. The Morgan fingerprint density at radius 3 is 2.41 bits per heavy atom. The number of imidazole rings is 1. The summed E-state index contributed by atoms with van der Waals surface area (Å²) in [7, 11) is 0. The van der Waals surface area contributed by atoms with Crippen molar-refractivity contribution in [2.45, 2.75) is 52.0 Å². The minimum absolute atomic E-state index is 0.0810. The van der Waals surface area contributed by atoms with E-state index in [1.807, 2.05) is 0 Å². The standard InChI is InChI=1S/C24H30N4O4/c1-2-27(22(30)23(31)32)12-18-13-28-19(4-3-5-20(28)26-18)21(29)25-14-24-9-15-6-16(10-24)8-17(7-15)11-24/h3-5,13,15-17H,2,6-12,14H2,1H3,(H,25,29)(H,31,32).